The van der Waals surface area contributed by atoms with Crippen LogP contribution in [0.25, 0.3) is 22.1 Å². The van der Waals surface area contributed by atoms with Gasteiger partial charge in [-0.25, -0.2) is 4.98 Å². The number of carbonyl (C=O) groups excluding carboxylic acids is 1. The molecule has 2 aromatic carbocycles. The molecule has 0 spiro atoms. The standard InChI is InChI=1S/C29H35ClN6OS/c1-21-9-4-5-16-35(21)17-8-15-31-26(37)14-7-18-38-29-32-28-27(33-34-29)24-12-2-3-13-25(24)36(28)20-22-10-6-11-23(30)19-22/h2-3,6,10-13,19,21H,4-5,7-9,14-18,20H2,1H3,(H,31,37). The molecule has 5 rings (SSSR count). The van der Waals surface area contributed by atoms with Crippen LogP contribution in [0.4, 0.5) is 0 Å². The van der Waals surface area contributed by atoms with Crippen LogP contribution >= 0.6 is 23.4 Å². The van der Waals surface area contributed by atoms with E-state index in [0.29, 0.717) is 29.2 Å². The molecule has 1 unspecified atom stereocenters. The molecule has 0 radical (unpaired) electrons. The summed E-state index contributed by atoms with van der Waals surface area (Å²) in [5.74, 6) is 0.883. The van der Waals surface area contributed by atoms with E-state index >= 15 is 0 Å². The van der Waals surface area contributed by atoms with Crippen LogP contribution in [0.2, 0.25) is 5.02 Å². The normalized spacial score (nSPS) is 16.3. The van der Waals surface area contributed by atoms with Gasteiger partial charge in [-0.3, -0.25) is 4.79 Å². The molecule has 9 heteroatoms. The minimum absolute atomic E-state index is 0.119. The van der Waals surface area contributed by atoms with Crippen LogP contribution in [-0.2, 0) is 11.3 Å². The number of halogens is 1. The number of rotatable bonds is 11. The Morgan fingerprint density at radius 3 is 2.89 bits per heavy atom. The Hall–Kier alpha value is -2.68. The first kappa shape index (κ1) is 26.9. The predicted octanol–water partition coefficient (Wildman–Crippen LogP) is 5.93. The third-order valence-electron chi connectivity index (χ3n) is 7.25. The number of fused-ring (bicyclic) bond motifs is 3. The molecule has 1 saturated heterocycles. The van der Waals surface area contributed by atoms with Crippen LogP contribution in [0, 0.1) is 0 Å². The number of hydrogen-bond acceptors (Lipinski definition) is 6. The van der Waals surface area contributed by atoms with Gasteiger partial charge in [0.15, 0.2) is 5.65 Å². The minimum Gasteiger partial charge on any atom is -0.356 e. The van der Waals surface area contributed by atoms with Gasteiger partial charge in [0.25, 0.3) is 0 Å². The fraction of sp³-hybridized carbons (Fsp3) is 0.448. The summed E-state index contributed by atoms with van der Waals surface area (Å²) >= 11 is 7.78. The number of benzene rings is 2. The van der Waals surface area contributed by atoms with Gasteiger partial charge in [-0.05, 0) is 62.9 Å². The molecular formula is C29H35ClN6OS. The molecule has 4 aromatic rings. The second-order valence-corrected chi connectivity index (χ2v) is 11.5. The van der Waals surface area contributed by atoms with E-state index in [1.165, 1.54) is 25.8 Å². The van der Waals surface area contributed by atoms with Gasteiger partial charge < -0.3 is 14.8 Å². The molecule has 0 bridgehead atoms. The number of nitrogens with one attached hydrogen (secondary N) is 1. The number of piperidine rings is 1. The van der Waals surface area contributed by atoms with E-state index in [4.69, 9.17) is 16.6 Å². The largest absolute Gasteiger partial charge is 0.356 e. The molecule has 1 amide bonds. The zero-order chi connectivity index (χ0) is 26.3. The molecular weight excluding hydrogens is 516 g/mol. The van der Waals surface area contributed by atoms with Gasteiger partial charge in [0.05, 0.1) is 5.52 Å². The van der Waals surface area contributed by atoms with Crippen molar-refractivity contribution in [2.75, 3.05) is 25.4 Å². The molecule has 1 aliphatic rings. The third-order valence-corrected chi connectivity index (χ3v) is 8.41. The number of hydrogen-bond donors (Lipinski definition) is 1. The zero-order valence-electron chi connectivity index (χ0n) is 21.9. The lowest BCUT2D eigenvalue weighted by Crippen LogP contribution is -2.39. The van der Waals surface area contributed by atoms with E-state index in [2.05, 4.69) is 50.1 Å². The molecule has 7 nitrogen and oxygen atoms in total. The highest BCUT2D eigenvalue weighted by molar-refractivity contribution is 7.99. The smallest absolute Gasteiger partial charge is 0.220 e. The molecule has 38 heavy (non-hydrogen) atoms. The van der Waals surface area contributed by atoms with Gasteiger partial charge in [-0.15, -0.1) is 10.2 Å². The van der Waals surface area contributed by atoms with Gasteiger partial charge in [0.2, 0.25) is 11.1 Å². The number of amides is 1. The van der Waals surface area contributed by atoms with Crippen molar-refractivity contribution in [2.45, 2.75) is 63.2 Å². The van der Waals surface area contributed by atoms with Crippen LogP contribution in [0.3, 0.4) is 0 Å². The fourth-order valence-corrected chi connectivity index (χ4v) is 6.15. The van der Waals surface area contributed by atoms with Gasteiger partial charge >= 0.3 is 0 Å². The van der Waals surface area contributed by atoms with Crippen molar-refractivity contribution in [3.8, 4) is 0 Å². The van der Waals surface area contributed by atoms with Gasteiger partial charge in [-0.1, -0.05) is 60.1 Å². The maximum absolute atomic E-state index is 12.3. The number of para-hydroxylation sites is 1. The van der Waals surface area contributed by atoms with Crippen molar-refractivity contribution in [1.29, 1.82) is 0 Å². The Labute approximate surface area is 233 Å². The summed E-state index contributed by atoms with van der Waals surface area (Å²) < 4.78 is 2.17. The van der Waals surface area contributed by atoms with Gasteiger partial charge in [0.1, 0.15) is 5.52 Å². The number of likely N-dealkylation sites (tertiary alicyclic amines) is 1. The van der Waals surface area contributed by atoms with Crippen molar-refractivity contribution in [2.24, 2.45) is 0 Å². The first-order chi connectivity index (χ1) is 18.6. The molecule has 1 fully saturated rings. The van der Waals surface area contributed by atoms with E-state index in [9.17, 15) is 4.79 Å². The van der Waals surface area contributed by atoms with Crippen molar-refractivity contribution in [1.82, 2.24) is 30.0 Å². The van der Waals surface area contributed by atoms with E-state index in [0.717, 1.165) is 59.3 Å². The average Bonchev–Trinajstić information content (AvgIpc) is 3.23. The van der Waals surface area contributed by atoms with Crippen LogP contribution in [0.15, 0.2) is 53.7 Å². The number of thioether (sulfide) groups is 1. The molecule has 3 heterocycles. The number of carbonyl (C=O) groups is 1. The van der Waals surface area contributed by atoms with Gasteiger partial charge in [-0.2, -0.15) is 0 Å². The highest BCUT2D eigenvalue weighted by Crippen LogP contribution is 2.28. The Morgan fingerprint density at radius 2 is 2.03 bits per heavy atom. The molecule has 0 saturated carbocycles. The van der Waals surface area contributed by atoms with Crippen molar-refractivity contribution in [3.63, 3.8) is 0 Å². The average molecular weight is 551 g/mol. The lowest BCUT2D eigenvalue weighted by atomic mass is 10.0. The quantitative estimate of drug-likeness (QED) is 0.184. The molecule has 0 aliphatic carbocycles. The molecule has 200 valence electrons. The fourth-order valence-electron chi connectivity index (χ4n) is 5.21. The first-order valence-corrected chi connectivity index (χ1v) is 14.9. The predicted molar refractivity (Wildman–Crippen MR) is 156 cm³/mol. The second kappa shape index (κ2) is 12.9. The lowest BCUT2D eigenvalue weighted by molar-refractivity contribution is -0.121. The topological polar surface area (TPSA) is 75.9 Å². The number of nitrogens with zero attached hydrogens (tertiary/aromatic N) is 5. The first-order valence-electron chi connectivity index (χ1n) is 13.6. The van der Waals surface area contributed by atoms with Crippen LogP contribution in [0.5, 0.6) is 0 Å². The molecule has 1 N–H and O–H groups in total. The third kappa shape index (κ3) is 6.65. The highest BCUT2D eigenvalue weighted by Gasteiger charge is 2.18. The van der Waals surface area contributed by atoms with E-state index in [-0.39, 0.29) is 5.91 Å². The highest BCUT2D eigenvalue weighted by atomic mass is 35.5. The Balaban J connectivity index is 1.14. The van der Waals surface area contributed by atoms with Crippen LogP contribution in [0.1, 0.15) is 51.0 Å². The van der Waals surface area contributed by atoms with Crippen molar-refractivity contribution in [3.05, 3.63) is 59.1 Å². The zero-order valence-corrected chi connectivity index (χ0v) is 23.5. The second-order valence-electron chi connectivity index (χ2n) is 10.0. The summed E-state index contributed by atoms with van der Waals surface area (Å²) in [6, 6.07) is 16.7. The van der Waals surface area contributed by atoms with Gasteiger partial charge in [0, 0.05) is 48.3 Å². The number of aromatic nitrogens is 4. The molecule has 2 aromatic heterocycles. The lowest BCUT2D eigenvalue weighted by Gasteiger charge is -2.33. The Bertz CT molecular complexity index is 1390. The van der Waals surface area contributed by atoms with Crippen LogP contribution in [-0.4, -0.2) is 62.0 Å². The summed E-state index contributed by atoms with van der Waals surface area (Å²) in [7, 11) is 0. The molecule has 1 aliphatic heterocycles. The van der Waals surface area contributed by atoms with Crippen LogP contribution < -0.4 is 5.32 Å². The Kier molecular flexibility index (Phi) is 9.14. The maximum Gasteiger partial charge on any atom is 0.220 e. The summed E-state index contributed by atoms with van der Waals surface area (Å²) in [6.07, 6.45) is 6.22. The van der Waals surface area contributed by atoms with E-state index in [1.54, 1.807) is 11.8 Å². The summed E-state index contributed by atoms with van der Waals surface area (Å²) in [5, 5.41) is 14.4. The van der Waals surface area contributed by atoms with Crippen molar-refractivity contribution >= 4 is 51.3 Å². The minimum atomic E-state index is 0.119. The summed E-state index contributed by atoms with van der Waals surface area (Å²) in [5.41, 5.74) is 3.78. The summed E-state index contributed by atoms with van der Waals surface area (Å²) in [4.78, 5) is 19.7. The Morgan fingerprint density at radius 1 is 1.13 bits per heavy atom. The monoisotopic (exact) mass is 550 g/mol. The van der Waals surface area contributed by atoms with E-state index < -0.39 is 0 Å². The van der Waals surface area contributed by atoms with Crippen molar-refractivity contribution < 1.29 is 4.79 Å². The summed E-state index contributed by atoms with van der Waals surface area (Å²) in [6.45, 7) is 5.96. The SMILES string of the molecule is CC1CCCCN1CCCNC(=O)CCCSc1nnc2c3ccccc3n(Cc3cccc(Cl)c3)c2n1. The van der Waals surface area contributed by atoms with E-state index in [1.807, 2.05) is 30.3 Å². The molecule has 1 atom stereocenters. The maximum atomic E-state index is 12.3.